The quantitative estimate of drug-likeness (QED) is 0.400. The Morgan fingerprint density at radius 1 is 1.09 bits per heavy atom. The third-order valence-electron chi connectivity index (χ3n) is 6.33. The Morgan fingerprint density at radius 2 is 1.79 bits per heavy atom. The summed E-state index contributed by atoms with van der Waals surface area (Å²) in [4.78, 5) is 37.2. The lowest BCUT2D eigenvalue weighted by Crippen LogP contribution is -2.50. The monoisotopic (exact) mass is 466 g/mol. The molecule has 2 aromatic carbocycles. The number of carbonyl (C=O) groups is 3. The van der Waals surface area contributed by atoms with Crippen molar-refractivity contribution in [1.29, 1.82) is 0 Å². The van der Waals surface area contributed by atoms with Crippen LogP contribution in [0.25, 0.3) is 10.8 Å². The van der Waals surface area contributed by atoms with Crippen molar-refractivity contribution in [2.75, 3.05) is 26.2 Å². The third-order valence-corrected chi connectivity index (χ3v) is 6.33. The van der Waals surface area contributed by atoms with Crippen LogP contribution in [0, 0.1) is 0 Å². The zero-order chi connectivity index (χ0) is 24.5. The molecule has 8 nitrogen and oxygen atoms in total. The lowest BCUT2D eigenvalue weighted by atomic mass is 9.96. The largest absolute Gasteiger partial charge is 0.478 e. The molecule has 4 N–H and O–H groups in total. The van der Waals surface area contributed by atoms with Crippen LogP contribution in [0.15, 0.2) is 54.6 Å². The van der Waals surface area contributed by atoms with Gasteiger partial charge in [0.2, 0.25) is 11.8 Å². The van der Waals surface area contributed by atoms with Crippen LogP contribution in [-0.4, -0.2) is 66.1 Å². The van der Waals surface area contributed by atoms with Gasteiger partial charge in [-0.15, -0.1) is 0 Å². The van der Waals surface area contributed by atoms with E-state index in [4.69, 9.17) is 5.11 Å². The molecule has 1 aliphatic rings. The number of hydrogen-bond acceptors (Lipinski definition) is 5. The average Bonchev–Trinajstić information content (AvgIpc) is 2.84. The van der Waals surface area contributed by atoms with Crippen molar-refractivity contribution in [2.45, 2.75) is 44.8 Å². The van der Waals surface area contributed by atoms with Crippen LogP contribution in [0.5, 0.6) is 0 Å². The Bertz CT molecular complexity index is 1030. The number of likely N-dealkylation sites (tertiary alicyclic amines) is 1. The molecule has 0 aromatic heterocycles. The van der Waals surface area contributed by atoms with E-state index in [-0.39, 0.29) is 30.9 Å². The first-order valence-electron chi connectivity index (χ1n) is 11.8. The number of amides is 2. The second kappa shape index (κ2) is 12.3. The molecule has 1 aliphatic heterocycles. The minimum atomic E-state index is -1.07. The summed E-state index contributed by atoms with van der Waals surface area (Å²) in [6, 6.07) is 14.8. The fraction of sp³-hybridized carbons (Fsp3) is 0.423. The number of benzene rings is 2. The molecule has 34 heavy (non-hydrogen) atoms. The van der Waals surface area contributed by atoms with Crippen LogP contribution >= 0.6 is 0 Å². The second-order valence-electron chi connectivity index (χ2n) is 8.71. The molecule has 0 spiro atoms. The van der Waals surface area contributed by atoms with Crippen molar-refractivity contribution in [3.05, 3.63) is 60.2 Å². The summed E-state index contributed by atoms with van der Waals surface area (Å²) in [5, 5.41) is 19.6. The number of fused-ring (bicyclic) bond motifs is 1. The van der Waals surface area contributed by atoms with E-state index in [0.29, 0.717) is 6.04 Å². The highest BCUT2D eigenvalue weighted by Gasteiger charge is 2.25. The Morgan fingerprint density at radius 3 is 2.53 bits per heavy atom. The van der Waals surface area contributed by atoms with Gasteiger partial charge in [0.25, 0.3) is 0 Å². The van der Waals surface area contributed by atoms with E-state index in [2.05, 4.69) is 70.2 Å². The number of carboxylic acids is 1. The van der Waals surface area contributed by atoms with Crippen molar-refractivity contribution in [1.82, 2.24) is 20.9 Å². The highest BCUT2D eigenvalue weighted by Crippen LogP contribution is 2.29. The van der Waals surface area contributed by atoms with Gasteiger partial charge >= 0.3 is 5.97 Å². The van der Waals surface area contributed by atoms with Crippen molar-refractivity contribution in [2.24, 2.45) is 0 Å². The summed E-state index contributed by atoms with van der Waals surface area (Å²) in [5.41, 5.74) is 1.34. The van der Waals surface area contributed by atoms with E-state index in [1.807, 2.05) is 0 Å². The Labute approximate surface area is 200 Å². The molecular weight excluding hydrogens is 432 g/mol. The van der Waals surface area contributed by atoms with Gasteiger partial charge in [-0.25, -0.2) is 4.79 Å². The molecule has 1 heterocycles. The standard InChI is InChI=1S/C26H34N4O4/c1-18(26(34)27-14-6-11-25(32)33)29-24(31)17-28-21-12-15-30(16-13-21)19(2)22-10-5-8-20-7-3-4-9-23(20)22/h3-11,18-19,21,28H,12-17H2,1-2H3,(H,27,34)(H,29,31)(H,32,33)/b11-6+. The van der Waals surface area contributed by atoms with Gasteiger partial charge in [-0.2, -0.15) is 0 Å². The number of aliphatic carboxylic acids is 1. The first-order chi connectivity index (χ1) is 16.3. The summed E-state index contributed by atoms with van der Waals surface area (Å²) < 4.78 is 0. The molecule has 1 saturated heterocycles. The zero-order valence-corrected chi connectivity index (χ0v) is 19.8. The summed E-state index contributed by atoms with van der Waals surface area (Å²) in [7, 11) is 0. The molecule has 0 aliphatic carbocycles. The molecule has 1 fully saturated rings. The fourth-order valence-corrected chi connectivity index (χ4v) is 4.37. The van der Waals surface area contributed by atoms with E-state index in [1.54, 1.807) is 6.92 Å². The van der Waals surface area contributed by atoms with Crippen molar-refractivity contribution >= 4 is 28.6 Å². The first kappa shape index (κ1) is 25.4. The van der Waals surface area contributed by atoms with E-state index in [1.165, 1.54) is 22.4 Å². The number of nitrogens with zero attached hydrogens (tertiary/aromatic N) is 1. The van der Waals surface area contributed by atoms with Gasteiger partial charge in [-0.1, -0.05) is 48.5 Å². The number of nitrogens with one attached hydrogen (secondary N) is 3. The highest BCUT2D eigenvalue weighted by atomic mass is 16.4. The lowest BCUT2D eigenvalue weighted by Gasteiger charge is -2.37. The molecule has 2 aromatic rings. The normalized spacial score (nSPS) is 16.9. The molecule has 8 heteroatoms. The predicted molar refractivity (Wildman–Crippen MR) is 132 cm³/mol. The molecule has 182 valence electrons. The molecule has 0 bridgehead atoms. The number of carboxylic acid groups (broad SMARTS) is 1. The first-order valence-corrected chi connectivity index (χ1v) is 11.8. The molecular formula is C26H34N4O4. The van der Waals surface area contributed by atoms with Crippen molar-refractivity contribution in [3.63, 3.8) is 0 Å². The maximum absolute atomic E-state index is 12.2. The predicted octanol–water partition coefficient (Wildman–Crippen LogP) is 2.22. The van der Waals surface area contributed by atoms with Gasteiger partial charge in [0.05, 0.1) is 6.54 Å². The average molecular weight is 467 g/mol. The summed E-state index contributed by atoms with van der Waals surface area (Å²) >= 11 is 0. The topological polar surface area (TPSA) is 111 Å². The summed E-state index contributed by atoms with van der Waals surface area (Å²) in [6.45, 7) is 6.01. The summed E-state index contributed by atoms with van der Waals surface area (Å²) in [6.07, 6.45) is 4.20. The minimum absolute atomic E-state index is 0.0966. The van der Waals surface area contributed by atoms with Crippen LogP contribution in [0.3, 0.4) is 0 Å². The zero-order valence-electron chi connectivity index (χ0n) is 19.8. The number of hydrogen-bond donors (Lipinski definition) is 4. The van der Waals surface area contributed by atoms with Crippen LogP contribution < -0.4 is 16.0 Å². The van der Waals surface area contributed by atoms with E-state index >= 15 is 0 Å². The van der Waals surface area contributed by atoms with Gasteiger partial charge in [0.15, 0.2) is 0 Å². The van der Waals surface area contributed by atoms with Gasteiger partial charge < -0.3 is 21.1 Å². The molecule has 0 radical (unpaired) electrons. The van der Waals surface area contributed by atoms with Crippen LogP contribution in [0.1, 0.15) is 38.3 Å². The Hall–Kier alpha value is -3.23. The molecule has 0 saturated carbocycles. The number of carbonyl (C=O) groups excluding carboxylic acids is 2. The minimum Gasteiger partial charge on any atom is -0.478 e. The Kier molecular flexibility index (Phi) is 9.18. The summed E-state index contributed by atoms with van der Waals surface area (Å²) in [5.74, 6) is -1.68. The van der Waals surface area contributed by atoms with E-state index < -0.39 is 12.0 Å². The van der Waals surface area contributed by atoms with Gasteiger partial charge in [0, 0.05) is 37.8 Å². The van der Waals surface area contributed by atoms with Crippen LogP contribution in [0.2, 0.25) is 0 Å². The molecule has 2 amide bonds. The molecule has 3 rings (SSSR count). The van der Waals surface area contributed by atoms with Gasteiger partial charge in [-0.05, 0) is 43.0 Å². The third kappa shape index (κ3) is 7.13. The van der Waals surface area contributed by atoms with Crippen molar-refractivity contribution < 1.29 is 19.5 Å². The van der Waals surface area contributed by atoms with Crippen molar-refractivity contribution in [3.8, 4) is 0 Å². The smallest absolute Gasteiger partial charge is 0.328 e. The number of piperidine rings is 1. The van der Waals surface area contributed by atoms with Gasteiger partial charge in [0.1, 0.15) is 6.04 Å². The van der Waals surface area contributed by atoms with Gasteiger partial charge in [-0.3, -0.25) is 14.5 Å². The van der Waals surface area contributed by atoms with E-state index in [0.717, 1.165) is 32.0 Å². The second-order valence-corrected chi connectivity index (χ2v) is 8.71. The SMILES string of the molecule is CC(NC(=O)CNC1CCN(C(C)c2cccc3ccccc23)CC1)C(=O)NC/C=C/C(=O)O. The highest BCUT2D eigenvalue weighted by molar-refractivity contribution is 5.88. The maximum atomic E-state index is 12.2. The van der Waals surface area contributed by atoms with Crippen LogP contribution in [0.4, 0.5) is 0 Å². The van der Waals surface area contributed by atoms with Crippen LogP contribution in [-0.2, 0) is 14.4 Å². The molecule has 2 unspecified atom stereocenters. The Balaban J connectivity index is 1.40. The number of rotatable bonds is 10. The molecule has 2 atom stereocenters. The van der Waals surface area contributed by atoms with E-state index in [9.17, 15) is 14.4 Å². The maximum Gasteiger partial charge on any atom is 0.328 e. The fourth-order valence-electron chi connectivity index (χ4n) is 4.37. The lowest BCUT2D eigenvalue weighted by molar-refractivity contribution is -0.131.